The number of carbonyl (C=O) groups excluding carboxylic acids is 3. The predicted molar refractivity (Wildman–Crippen MR) is 98.4 cm³/mol. The van der Waals surface area contributed by atoms with Gasteiger partial charge in [0.25, 0.3) is 0 Å². The summed E-state index contributed by atoms with van der Waals surface area (Å²) in [6.45, 7) is 1.87. The molecule has 0 bridgehead atoms. The van der Waals surface area contributed by atoms with Gasteiger partial charge < -0.3 is 15.4 Å². The molecule has 0 spiro atoms. The number of nitrogens with two attached hydrogens (primary N) is 1. The lowest BCUT2D eigenvalue weighted by Crippen LogP contribution is -2.30. The number of ether oxygens (including phenoxy) is 1. The van der Waals surface area contributed by atoms with Crippen LogP contribution in [-0.4, -0.2) is 29.0 Å². The van der Waals surface area contributed by atoms with Crippen LogP contribution in [0.5, 0.6) is 0 Å². The third-order valence-electron chi connectivity index (χ3n) is 3.73. The van der Waals surface area contributed by atoms with Crippen LogP contribution >= 0.6 is 0 Å². The lowest BCUT2D eigenvalue weighted by Gasteiger charge is -2.22. The molecule has 2 rings (SSSR count). The van der Waals surface area contributed by atoms with Crippen LogP contribution in [0.4, 0.5) is 29.3 Å². The molecule has 0 fully saturated rings. The van der Waals surface area contributed by atoms with Crippen LogP contribution in [0.15, 0.2) is 48.5 Å². The predicted octanol–water partition coefficient (Wildman–Crippen LogP) is 3.45. The van der Waals surface area contributed by atoms with Crippen molar-refractivity contribution in [3.8, 4) is 0 Å². The summed E-state index contributed by atoms with van der Waals surface area (Å²) in [5.41, 5.74) is 7.83. The molecule has 0 aliphatic rings. The Balaban J connectivity index is 2.06. The first kappa shape index (κ1) is 21.7. The number of hydrogen-bond acceptors (Lipinski definition) is 5. The van der Waals surface area contributed by atoms with E-state index in [1.54, 1.807) is 24.3 Å². The number of hydrogen-bond donors (Lipinski definition) is 2. The summed E-state index contributed by atoms with van der Waals surface area (Å²) < 4.78 is 40.1. The topological polar surface area (TPSA) is 102 Å². The van der Waals surface area contributed by atoms with Gasteiger partial charge in [0.15, 0.2) is 0 Å². The van der Waals surface area contributed by atoms with E-state index in [1.165, 1.54) is 30.0 Å². The number of nitrogens with zero attached hydrogens (tertiary/aromatic N) is 1. The SMILES string of the molecule is CC(=O)N(Cc1cccc(N)c1)Cc1cccc(NC(=O)OC(=O)C(F)(F)F)c1. The van der Waals surface area contributed by atoms with E-state index >= 15 is 0 Å². The normalized spacial score (nSPS) is 10.9. The summed E-state index contributed by atoms with van der Waals surface area (Å²) in [6.07, 6.45) is -6.84. The molecule has 10 heteroatoms. The van der Waals surface area contributed by atoms with Gasteiger partial charge in [-0.15, -0.1) is 0 Å². The summed E-state index contributed by atoms with van der Waals surface area (Å²) in [7, 11) is 0. The van der Waals surface area contributed by atoms with E-state index < -0.39 is 18.2 Å². The van der Waals surface area contributed by atoms with Gasteiger partial charge in [-0.25, -0.2) is 9.59 Å². The van der Waals surface area contributed by atoms with Crippen molar-refractivity contribution >= 4 is 29.3 Å². The third-order valence-corrected chi connectivity index (χ3v) is 3.73. The maximum atomic E-state index is 12.1. The Hall–Kier alpha value is -3.56. The van der Waals surface area contributed by atoms with Gasteiger partial charge in [-0.2, -0.15) is 13.2 Å². The highest BCUT2D eigenvalue weighted by Gasteiger charge is 2.42. The van der Waals surface area contributed by atoms with Gasteiger partial charge in [0.05, 0.1) is 0 Å². The number of alkyl halides is 3. The minimum atomic E-state index is -5.28. The molecule has 0 atom stereocenters. The molecule has 0 radical (unpaired) electrons. The fourth-order valence-corrected chi connectivity index (χ4v) is 2.44. The number of rotatable bonds is 5. The zero-order valence-corrected chi connectivity index (χ0v) is 15.3. The molecule has 0 unspecified atom stereocenters. The first-order valence-corrected chi connectivity index (χ1v) is 8.33. The number of halogens is 3. The van der Waals surface area contributed by atoms with Gasteiger partial charge in [0.2, 0.25) is 5.91 Å². The molecule has 2 aromatic rings. The van der Waals surface area contributed by atoms with Crippen molar-refractivity contribution in [1.82, 2.24) is 4.90 Å². The van der Waals surface area contributed by atoms with Crippen molar-refractivity contribution in [2.24, 2.45) is 0 Å². The molecule has 0 aromatic heterocycles. The quantitative estimate of drug-likeness (QED) is 0.447. The van der Waals surface area contributed by atoms with E-state index in [-0.39, 0.29) is 18.1 Å². The van der Waals surface area contributed by atoms with Crippen molar-refractivity contribution < 1.29 is 32.3 Å². The second kappa shape index (κ2) is 9.09. The van der Waals surface area contributed by atoms with Gasteiger partial charge in [-0.1, -0.05) is 24.3 Å². The average molecular weight is 409 g/mol. The highest BCUT2D eigenvalue weighted by Crippen LogP contribution is 2.19. The molecule has 2 amide bonds. The molecular formula is C19H18F3N3O4. The van der Waals surface area contributed by atoms with Crippen molar-refractivity contribution in [3.63, 3.8) is 0 Å². The summed E-state index contributed by atoms with van der Waals surface area (Å²) in [4.78, 5) is 35.6. The molecule has 0 saturated carbocycles. The highest BCUT2D eigenvalue weighted by atomic mass is 19.4. The number of nitrogens with one attached hydrogen (secondary N) is 1. The second-order valence-electron chi connectivity index (χ2n) is 6.12. The fraction of sp³-hybridized carbons (Fsp3) is 0.211. The second-order valence-corrected chi connectivity index (χ2v) is 6.12. The largest absolute Gasteiger partial charge is 0.491 e. The monoisotopic (exact) mass is 409 g/mol. The van der Waals surface area contributed by atoms with Gasteiger partial charge in [0.1, 0.15) is 0 Å². The molecule has 0 saturated heterocycles. The number of benzene rings is 2. The van der Waals surface area contributed by atoms with Crippen molar-refractivity contribution in [2.75, 3.05) is 11.1 Å². The van der Waals surface area contributed by atoms with Crippen LogP contribution in [0.3, 0.4) is 0 Å². The van der Waals surface area contributed by atoms with Gasteiger partial charge in [-0.3, -0.25) is 10.1 Å². The van der Waals surface area contributed by atoms with Crippen LogP contribution in [-0.2, 0) is 27.4 Å². The number of carbonyl (C=O) groups is 3. The lowest BCUT2D eigenvalue weighted by molar-refractivity contribution is -0.192. The van der Waals surface area contributed by atoms with Crippen LogP contribution in [0.2, 0.25) is 0 Å². The summed E-state index contributed by atoms with van der Waals surface area (Å²) in [5.74, 6) is -2.82. The first-order valence-electron chi connectivity index (χ1n) is 8.33. The summed E-state index contributed by atoms with van der Waals surface area (Å²) in [6, 6.07) is 13.1. The Bertz CT molecular complexity index is 916. The summed E-state index contributed by atoms with van der Waals surface area (Å²) >= 11 is 0. The van der Waals surface area contributed by atoms with Gasteiger partial charge >= 0.3 is 18.2 Å². The number of anilines is 2. The lowest BCUT2D eigenvalue weighted by atomic mass is 10.1. The Morgan fingerprint density at radius 1 is 1.03 bits per heavy atom. The maximum absolute atomic E-state index is 12.1. The van der Waals surface area contributed by atoms with E-state index in [0.29, 0.717) is 17.8 Å². The molecule has 2 aromatic carbocycles. The molecule has 154 valence electrons. The number of esters is 1. The third kappa shape index (κ3) is 6.83. The zero-order valence-electron chi connectivity index (χ0n) is 15.3. The number of amides is 2. The molecule has 0 aliphatic heterocycles. The minimum Gasteiger partial charge on any atom is -0.399 e. The first-order chi connectivity index (χ1) is 13.5. The molecule has 3 N–H and O–H groups in total. The minimum absolute atomic E-state index is 0.106. The van der Waals surface area contributed by atoms with Crippen molar-refractivity contribution in [3.05, 3.63) is 59.7 Å². The van der Waals surface area contributed by atoms with E-state index in [9.17, 15) is 27.6 Å². The van der Waals surface area contributed by atoms with E-state index in [0.717, 1.165) is 5.56 Å². The Labute approximate surface area is 164 Å². The maximum Gasteiger partial charge on any atom is 0.491 e. The summed E-state index contributed by atoms with van der Waals surface area (Å²) in [5, 5.41) is 2.04. The van der Waals surface area contributed by atoms with Crippen molar-refractivity contribution in [2.45, 2.75) is 26.2 Å². The molecule has 7 nitrogen and oxygen atoms in total. The van der Waals surface area contributed by atoms with Crippen molar-refractivity contribution in [1.29, 1.82) is 0 Å². The van der Waals surface area contributed by atoms with E-state index in [2.05, 4.69) is 4.74 Å². The molecule has 29 heavy (non-hydrogen) atoms. The highest BCUT2D eigenvalue weighted by molar-refractivity contribution is 5.94. The molecular weight excluding hydrogens is 391 g/mol. The van der Waals surface area contributed by atoms with Gasteiger partial charge in [0, 0.05) is 31.4 Å². The average Bonchev–Trinajstić information content (AvgIpc) is 2.60. The van der Waals surface area contributed by atoms with E-state index in [4.69, 9.17) is 5.73 Å². The van der Waals surface area contributed by atoms with Crippen LogP contribution in [0.25, 0.3) is 0 Å². The Morgan fingerprint density at radius 2 is 1.62 bits per heavy atom. The smallest absolute Gasteiger partial charge is 0.399 e. The van der Waals surface area contributed by atoms with Crippen LogP contribution in [0.1, 0.15) is 18.1 Å². The molecule has 0 heterocycles. The van der Waals surface area contributed by atoms with Crippen LogP contribution < -0.4 is 11.1 Å². The number of nitrogen functional groups attached to an aromatic ring is 1. The van der Waals surface area contributed by atoms with Crippen LogP contribution in [0, 0.1) is 0 Å². The standard InChI is InChI=1S/C19H18F3N3O4/c1-12(26)25(10-13-4-2-6-15(23)8-13)11-14-5-3-7-16(9-14)24-18(28)29-17(27)19(20,21)22/h2-9H,10-11,23H2,1H3,(H,24,28). The Morgan fingerprint density at radius 3 is 2.17 bits per heavy atom. The zero-order chi connectivity index (χ0) is 21.6. The van der Waals surface area contributed by atoms with Gasteiger partial charge in [-0.05, 0) is 35.4 Å². The fourth-order valence-electron chi connectivity index (χ4n) is 2.44. The molecule has 0 aliphatic carbocycles. The van der Waals surface area contributed by atoms with E-state index in [1.807, 2.05) is 11.4 Å². The Kier molecular flexibility index (Phi) is 6.81.